The van der Waals surface area contributed by atoms with Crippen molar-refractivity contribution in [2.24, 2.45) is 0 Å². The summed E-state index contributed by atoms with van der Waals surface area (Å²) in [7, 11) is -3.57. The van der Waals surface area contributed by atoms with Gasteiger partial charge < -0.3 is 0 Å². The van der Waals surface area contributed by atoms with Crippen molar-refractivity contribution in [2.45, 2.75) is 42.4 Å². The van der Waals surface area contributed by atoms with Crippen LogP contribution in [0.4, 0.5) is 0 Å². The Morgan fingerprint density at radius 2 is 1.61 bits per heavy atom. The Kier molecular flexibility index (Phi) is 5.69. The van der Waals surface area contributed by atoms with Crippen molar-refractivity contribution in [2.75, 3.05) is 0 Å². The number of benzene rings is 2. The molecule has 6 nitrogen and oxygen atoms in total. The summed E-state index contributed by atoms with van der Waals surface area (Å²) in [6.45, 7) is 4.14. The van der Waals surface area contributed by atoms with E-state index in [-0.39, 0.29) is 15.6 Å². The Morgan fingerprint density at radius 1 is 0.968 bits per heavy atom. The van der Waals surface area contributed by atoms with Gasteiger partial charge in [-0.25, -0.2) is 18.4 Å². The largest absolute Gasteiger partial charge is 0.294 e. The quantitative estimate of drug-likeness (QED) is 0.401. The van der Waals surface area contributed by atoms with Crippen LogP contribution in [0.15, 0.2) is 83.1 Å². The molecular weight excluding hydrogens is 410 g/mol. The molecule has 0 aliphatic carbocycles. The zero-order valence-electron chi connectivity index (χ0n) is 17.4. The highest BCUT2D eigenvalue weighted by molar-refractivity contribution is 7.91. The molecule has 0 aliphatic rings. The highest BCUT2D eigenvalue weighted by Gasteiger charge is 2.18. The average Bonchev–Trinajstić information content (AvgIpc) is 3.25. The van der Waals surface area contributed by atoms with Crippen LogP contribution in [0.2, 0.25) is 0 Å². The summed E-state index contributed by atoms with van der Waals surface area (Å²) in [5, 5.41) is 0. The Morgan fingerprint density at radius 3 is 2.26 bits per heavy atom. The number of aromatic nitrogens is 3. The van der Waals surface area contributed by atoms with E-state index in [1.54, 1.807) is 59.4 Å². The van der Waals surface area contributed by atoms with Crippen LogP contribution < -0.4 is 0 Å². The number of sulfone groups is 1. The zero-order valence-corrected chi connectivity index (χ0v) is 18.2. The lowest BCUT2D eigenvalue weighted by Gasteiger charge is -2.09. The highest BCUT2D eigenvalue weighted by Crippen LogP contribution is 2.24. The number of carbonyl (C=O) groups is 1. The van der Waals surface area contributed by atoms with Crippen LogP contribution in [-0.4, -0.2) is 28.6 Å². The van der Waals surface area contributed by atoms with Gasteiger partial charge in [-0.3, -0.25) is 9.20 Å². The first-order chi connectivity index (χ1) is 14.8. The third kappa shape index (κ3) is 4.41. The molecule has 0 unspecified atom stereocenters. The minimum absolute atomic E-state index is 0.0231. The van der Waals surface area contributed by atoms with Crippen molar-refractivity contribution < 1.29 is 13.2 Å². The smallest absolute Gasteiger partial charge is 0.233 e. The maximum Gasteiger partial charge on any atom is 0.233 e. The van der Waals surface area contributed by atoms with E-state index in [9.17, 15) is 13.2 Å². The number of rotatable bonds is 7. The molecule has 0 saturated carbocycles. The van der Waals surface area contributed by atoms with Gasteiger partial charge in [-0.1, -0.05) is 38.1 Å². The van der Waals surface area contributed by atoms with Crippen molar-refractivity contribution >= 4 is 21.4 Å². The molecule has 7 heteroatoms. The summed E-state index contributed by atoms with van der Waals surface area (Å²) >= 11 is 0. The van der Waals surface area contributed by atoms with Gasteiger partial charge in [-0.15, -0.1) is 0 Å². The molecule has 2 aromatic carbocycles. The van der Waals surface area contributed by atoms with E-state index >= 15 is 0 Å². The molecule has 0 amide bonds. The molecule has 0 N–H and O–H groups in total. The predicted molar refractivity (Wildman–Crippen MR) is 118 cm³/mol. The number of ketones is 1. The highest BCUT2D eigenvalue weighted by atomic mass is 32.2. The van der Waals surface area contributed by atoms with Crippen LogP contribution in [0.25, 0.3) is 5.78 Å². The number of hydrogen-bond acceptors (Lipinski definition) is 5. The summed E-state index contributed by atoms with van der Waals surface area (Å²) < 4.78 is 27.5. The molecule has 0 bridgehead atoms. The lowest BCUT2D eigenvalue weighted by atomic mass is 10.0. The zero-order chi connectivity index (χ0) is 22.0. The van der Waals surface area contributed by atoms with Gasteiger partial charge in [0.1, 0.15) is 0 Å². The molecule has 0 atom stereocenters. The molecule has 0 spiro atoms. The lowest BCUT2D eigenvalue weighted by molar-refractivity contribution is 0.0982. The molecule has 4 rings (SSSR count). The number of carbonyl (C=O) groups excluding carboxylic acids is 1. The van der Waals surface area contributed by atoms with Gasteiger partial charge in [0.05, 0.1) is 15.4 Å². The fraction of sp³-hybridized carbons (Fsp3) is 0.208. The van der Waals surface area contributed by atoms with Gasteiger partial charge in [-0.2, -0.15) is 0 Å². The summed E-state index contributed by atoms with van der Waals surface area (Å²) in [5.74, 6) is 0.869. The summed E-state index contributed by atoms with van der Waals surface area (Å²) in [5.41, 5.74) is 2.52. The summed E-state index contributed by atoms with van der Waals surface area (Å²) in [6, 6.07) is 13.8. The van der Waals surface area contributed by atoms with E-state index in [0.717, 1.165) is 11.1 Å². The van der Waals surface area contributed by atoms with Crippen LogP contribution in [0.5, 0.6) is 0 Å². The molecule has 0 aliphatic heterocycles. The predicted octanol–water partition coefficient (Wildman–Crippen LogP) is 4.50. The minimum atomic E-state index is -3.57. The fourth-order valence-electron chi connectivity index (χ4n) is 3.37. The van der Waals surface area contributed by atoms with Crippen LogP contribution in [0.3, 0.4) is 0 Å². The topological polar surface area (TPSA) is 81.4 Å². The van der Waals surface area contributed by atoms with Crippen LogP contribution in [0, 0.1) is 0 Å². The van der Waals surface area contributed by atoms with Gasteiger partial charge in [0.25, 0.3) is 0 Å². The molecule has 158 valence electrons. The second-order valence-corrected chi connectivity index (χ2v) is 9.72. The lowest BCUT2D eigenvalue weighted by Crippen LogP contribution is -2.05. The fourth-order valence-corrected chi connectivity index (χ4v) is 4.63. The van der Waals surface area contributed by atoms with Crippen molar-refractivity contribution in [1.82, 2.24) is 14.4 Å². The van der Waals surface area contributed by atoms with E-state index in [1.165, 1.54) is 6.20 Å². The number of hydrogen-bond donors (Lipinski definition) is 0. The van der Waals surface area contributed by atoms with E-state index in [1.807, 2.05) is 12.1 Å². The van der Waals surface area contributed by atoms with Crippen molar-refractivity contribution in [1.29, 1.82) is 0 Å². The second-order valence-electron chi connectivity index (χ2n) is 7.77. The van der Waals surface area contributed by atoms with E-state index in [0.29, 0.717) is 30.1 Å². The third-order valence-corrected chi connectivity index (χ3v) is 7.08. The molecule has 2 heterocycles. The van der Waals surface area contributed by atoms with Gasteiger partial charge in [0.15, 0.2) is 5.78 Å². The number of imidazole rings is 1. The van der Waals surface area contributed by atoms with Crippen LogP contribution >= 0.6 is 0 Å². The number of nitrogens with zero attached hydrogens (tertiary/aromatic N) is 3. The van der Waals surface area contributed by atoms with Gasteiger partial charge in [0.2, 0.25) is 15.6 Å². The molecule has 4 aromatic rings. The summed E-state index contributed by atoms with van der Waals surface area (Å²) in [4.78, 5) is 21.3. The molecule has 0 radical (unpaired) electrons. The Hall–Kier alpha value is -3.32. The van der Waals surface area contributed by atoms with Crippen molar-refractivity contribution in [3.8, 4) is 0 Å². The van der Waals surface area contributed by atoms with Gasteiger partial charge in [0, 0.05) is 31.2 Å². The minimum Gasteiger partial charge on any atom is -0.294 e. The molecule has 31 heavy (non-hydrogen) atoms. The monoisotopic (exact) mass is 433 g/mol. The standard InChI is InChI=1S/C24H23N3O3S/c1-17(2)19-6-10-22(11-7-19)31(29,30)21-8-3-18(4-9-21)5-12-23(28)20-15-26-24-25-13-14-27(24)16-20/h3-4,6-11,13-17H,5,12H2,1-2H3. The maximum absolute atomic E-state index is 12.9. The molecule has 2 aromatic heterocycles. The van der Waals surface area contributed by atoms with Crippen LogP contribution in [0.1, 0.15) is 47.7 Å². The van der Waals surface area contributed by atoms with E-state index in [4.69, 9.17) is 0 Å². The third-order valence-electron chi connectivity index (χ3n) is 5.30. The van der Waals surface area contributed by atoms with Gasteiger partial charge >= 0.3 is 0 Å². The van der Waals surface area contributed by atoms with Crippen molar-refractivity contribution in [3.63, 3.8) is 0 Å². The second kappa shape index (κ2) is 8.43. The Balaban J connectivity index is 1.44. The SMILES string of the molecule is CC(C)c1ccc(S(=O)(=O)c2ccc(CCC(=O)c3cnc4nccn4c3)cc2)cc1. The van der Waals surface area contributed by atoms with Crippen LogP contribution in [-0.2, 0) is 16.3 Å². The van der Waals surface area contributed by atoms with Gasteiger partial charge in [-0.05, 0) is 47.7 Å². The molecular formula is C24H23N3O3S. The van der Waals surface area contributed by atoms with E-state index < -0.39 is 9.84 Å². The first-order valence-electron chi connectivity index (χ1n) is 10.1. The first-order valence-corrected chi connectivity index (χ1v) is 11.6. The Bertz CT molecular complexity index is 1320. The first kappa shape index (κ1) is 20.9. The number of fused-ring (bicyclic) bond motifs is 1. The molecule has 0 saturated heterocycles. The Labute approximate surface area is 181 Å². The maximum atomic E-state index is 12.9. The normalized spacial score (nSPS) is 11.8. The van der Waals surface area contributed by atoms with E-state index in [2.05, 4.69) is 23.8 Å². The number of aryl methyl sites for hydroxylation is 1. The number of Topliss-reactive ketones (excluding diaryl/α,β-unsaturated/α-hetero) is 1. The average molecular weight is 434 g/mol. The van der Waals surface area contributed by atoms with Crippen molar-refractivity contribution in [3.05, 3.63) is 90.0 Å². The molecule has 0 fully saturated rings. The summed E-state index contributed by atoms with van der Waals surface area (Å²) in [6.07, 6.45) is 7.46.